The maximum absolute atomic E-state index is 12.2. The number of hydrogen-bond donors (Lipinski definition) is 2. The van der Waals surface area contributed by atoms with Crippen molar-refractivity contribution in [1.82, 2.24) is 0 Å². The Kier molecular flexibility index (Phi) is 7.18. The number of carbonyl (C=O) groups is 1. The number of amides is 2. The number of ether oxygens (including phenoxy) is 1. The van der Waals surface area contributed by atoms with E-state index in [-0.39, 0.29) is 11.8 Å². The van der Waals surface area contributed by atoms with Gasteiger partial charge in [0.2, 0.25) is 0 Å². The van der Waals surface area contributed by atoms with Gasteiger partial charge in [0.25, 0.3) is 0 Å². The Hall–Kier alpha value is -3.34. The van der Waals surface area contributed by atoms with Crippen LogP contribution >= 0.6 is 0 Å². The first-order valence-corrected chi connectivity index (χ1v) is 8.06. The normalized spacial score (nSPS) is 9.50. The molecule has 3 aromatic rings. The molecule has 2 amide bonds. The minimum atomic E-state index is -0.240. The quantitative estimate of drug-likeness (QED) is 0.656. The highest BCUT2D eigenvalue weighted by Gasteiger charge is 2.01. The van der Waals surface area contributed by atoms with Crippen LogP contribution in [-0.2, 0) is 0 Å². The molecule has 5 heteroatoms. The van der Waals surface area contributed by atoms with Crippen LogP contribution in [0.25, 0.3) is 0 Å². The second kappa shape index (κ2) is 9.84. The fourth-order valence-electron chi connectivity index (χ4n) is 2.02. The van der Waals surface area contributed by atoms with Crippen LogP contribution in [0.3, 0.4) is 0 Å². The van der Waals surface area contributed by atoms with Gasteiger partial charge in [0.1, 0.15) is 11.6 Å². The van der Waals surface area contributed by atoms with Gasteiger partial charge in [-0.05, 0) is 55.5 Å². The van der Waals surface area contributed by atoms with Crippen molar-refractivity contribution in [3.05, 3.63) is 90.2 Å². The zero-order valence-corrected chi connectivity index (χ0v) is 14.7. The molecule has 0 atom stereocenters. The summed E-state index contributed by atoms with van der Waals surface area (Å²) in [7, 11) is 1.55. The summed E-state index contributed by atoms with van der Waals surface area (Å²) in [5.74, 6) is 0.437. The lowest BCUT2D eigenvalue weighted by Gasteiger charge is -2.07. The molecule has 0 spiro atoms. The maximum atomic E-state index is 12.2. The van der Waals surface area contributed by atoms with E-state index in [1.165, 1.54) is 17.7 Å². The molecule has 0 bridgehead atoms. The fourth-order valence-corrected chi connectivity index (χ4v) is 2.02. The van der Waals surface area contributed by atoms with Gasteiger partial charge in [-0.1, -0.05) is 35.9 Å². The van der Waals surface area contributed by atoms with Crippen LogP contribution in [0.15, 0.2) is 78.9 Å². The molecular formula is C21H21FN2O2. The van der Waals surface area contributed by atoms with Crippen LogP contribution in [0.2, 0.25) is 0 Å². The number of benzene rings is 3. The summed E-state index contributed by atoms with van der Waals surface area (Å²) in [4.78, 5) is 11.6. The molecule has 0 fully saturated rings. The topological polar surface area (TPSA) is 50.4 Å². The Bertz CT molecular complexity index is 804. The number of rotatable bonds is 3. The molecule has 0 unspecified atom stereocenters. The van der Waals surface area contributed by atoms with Gasteiger partial charge in [0.15, 0.2) is 0 Å². The fraction of sp³-hybridized carbons (Fsp3) is 0.0952. The van der Waals surface area contributed by atoms with Gasteiger partial charge in [-0.2, -0.15) is 0 Å². The average molecular weight is 352 g/mol. The number of carbonyl (C=O) groups excluding carboxylic acids is 1. The summed E-state index contributed by atoms with van der Waals surface area (Å²) in [5, 5.41) is 5.52. The van der Waals surface area contributed by atoms with E-state index in [1.54, 1.807) is 19.2 Å². The number of methoxy groups -OCH3 is 1. The van der Waals surface area contributed by atoms with E-state index in [1.807, 2.05) is 61.5 Å². The zero-order chi connectivity index (χ0) is 18.8. The third-order valence-corrected chi connectivity index (χ3v) is 3.39. The Balaban J connectivity index is 0.000000228. The first-order valence-electron chi connectivity index (χ1n) is 8.06. The van der Waals surface area contributed by atoms with Crippen molar-refractivity contribution in [2.45, 2.75) is 6.92 Å². The highest BCUT2D eigenvalue weighted by Crippen LogP contribution is 2.10. The highest BCUT2D eigenvalue weighted by atomic mass is 19.1. The van der Waals surface area contributed by atoms with E-state index in [0.717, 1.165) is 11.4 Å². The van der Waals surface area contributed by atoms with Crippen LogP contribution < -0.4 is 15.4 Å². The maximum Gasteiger partial charge on any atom is 0.323 e. The predicted molar refractivity (Wildman–Crippen MR) is 103 cm³/mol. The van der Waals surface area contributed by atoms with Gasteiger partial charge in [-0.25, -0.2) is 9.18 Å². The van der Waals surface area contributed by atoms with Gasteiger partial charge in [-0.15, -0.1) is 0 Å². The molecule has 0 radical (unpaired) electrons. The van der Waals surface area contributed by atoms with Gasteiger partial charge >= 0.3 is 6.03 Å². The Morgan fingerprint density at radius 1 is 0.808 bits per heavy atom. The molecule has 3 rings (SSSR count). The molecule has 26 heavy (non-hydrogen) atoms. The van der Waals surface area contributed by atoms with Gasteiger partial charge < -0.3 is 15.4 Å². The summed E-state index contributed by atoms with van der Waals surface area (Å²) in [5.41, 5.74) is 2.72. The Morgan fingerprint density at radius 2 is 1.35 bits per heavy atom. The van der Waals surface area contributed by atoms with Crippen molar-refractivity contribution in [2.24, 2.45) is 0 Å². The second-order valence-electron chi connectivity index (χ2n) is 5.47. The van der Waals surface area contributed by atoms with Crippen molar-refractivity contribution in [3.8, 4) is 5.75 Å². The highest BCUT2D eigenvalue weighted by molar-refractivity contribution is 5.99. The molecule has 0 aliphatic carbocycles. The molecular weight excluding hydrogens is 331 g/mol. The molecule has 0 aliphatic rings. The summed E-state index contributed by atoms with van der Waals surface area (Å²) >= 11 is 0. The smallest absolute Gasteiger partial charge is 0.323 e. The lowest BCUT2D eigenvalue weighted by atomic mass is 10.2. The van der Waals surface area contributed by atoms with E-state index >= 15 is 0 Å². The van der Waals surface area contributed by atoms with Crippen LogP contribution in [0.4, 0.5) is 20.6 Å². The first-order chi connectivity index (χ1) is 12.6. The molecule has 0 heterocycles. The minimum absolute atomic E-state index is 0.236. The van der Waals surface area contributed by atoms with Crippen LogP contribution in [-0.4, -0.2) is 13.1 Å². The molecule has 4 nitrogen and oxygen atoms in total. The van der Waals surface area contributed by atoms with Crippen molar-refractivity contribution in [1.29, 1.82) is 0 Å². The summed E-state index contributed by atoms with van der Waals surface area (Å²) < 4.78 is 17.0. The Morgan fingerprint density at radius 3 is 1.88 bits per heavy atom. The van der Waals surface area contributed by atoms with E-state index in [9.17, 15) is 9.18 Å². The molecule has 0 aliphatic heterocycles. The van der Waals surface area contributed by atoms with E-state index in [0.29, 0.717) is 5.75 Å². The van der Waals surface area contributed by atoms with Crippen molar-refractivity contribution in [2.75, 3.05) is 17.7 Å². The molecule has 134 valence electrons. The van der Waals surface area contributed by atoms with Crippen LogP contribution in [0.1, 0.15) is 5.56 Å². The van der Waals surface area contributed by atoms with E-state index in [2.05, 4.69) is 10.6 Å². The number of anilines is 2. The van der Waals surface area contributed by atoms with Crippen LogP contribution in [0, 0.1) is 12.7 Å². The lowest BCUT2D eigenvalue weighted by molar-refractivity contribution is 0.262. The number of nitrogens with one attached hydrogen (secondary N) is 2. The monoisotopic (exact) mass is 352 g/mol. The standard InChI is InChI=1S/C14H14N2O.C7H7FO/c1-11-7-9-13(10-8-11)16-14(17)15-12-5-3-2-4-6-12;1-9-7-4-2-6(8)3-5-7/h2-10H,1H3,(H2,15,16,17);2-5H,1H3. The van der Waals surface area contributed by atoms with Crippen LogP contribution in [0.5, 0.6) is 5.75 Å². The third-order valence-electron chi connectivity index (χ3n) is 3.39. The van der Waals surface area contributed by atoms with Gasteiger partial charge in [0, 0.05) is 11.4 Å². The lowest BCUT2D eigenvalue weighted by Crippen LogP contribution is -2.19. The average Bonchev–Trinajstić information content (AvgIpc) is 2.66. The molecule has 0 aromatic heterocycles. The van der Waals surface area contributed by atoms with Crippen molar-refractivity contribution >= 4 is 17.4 Å². The predicted octanol–water partition coefficient (Wildman–Crippen LogP) is 5.47. The van der Waals surface area contributed by atoms with E-state index < -0.39 is 0 Å². The number of aryl methyl sites for hydroxylation is 1. The number of hydrogen-bond acceptors (Lipinski definition) is 2. The van der Waals surface area contributed by atoms with Gasteiger partial charge in [-0.3, -0.25) is 0 Å². The first kappa shape index (κ1) is 19.0. The number of urea groups is 1. The summed E-state index contributed by atoms with van der Waals surface area (Å²) in [6, 6.07) is 22.6. The minimum Gasteiger partial charge on any atom is -0.497 e. The van der Waals surface area contributed by atoms with E-state index in [4.69, 9.17) is 4.74 Å². The SMILES string of the molecule is COc1ccc(F)cc1.Cc1ccc(NC(=O)Nc2ccccc2)cc1. The number of para-hydroxylation sites is 1. The molecule has 2 N–H and O–H groups in total. The largest absolute Gasteiger partial charge is 0.497 e. The van der Waals surface area contributed by atoms with Crippen molar-refractivity contribution in [3.63, 3.8) is 0 Å². The number of halogens is 1. The second-order valence-corrected chi connectivity index (χ2v) is 5.47. The third kappa shape index (κ3) is 6.65. The zero-order valence-electron chi connectivity index (χ0n) is 14.7. The van der Waals surface area contributed by atoms with Gasteiger partial charge in [0.05, 0.1) is 7.11 Å². The molecule has 3 aromatic carbocycles. The molecule has 0 saturated carbocycles. The Labute approximate surface area is 152 Å². The molecule has 0 saturated heterocycles. The summed E-state index contributed by atoms with van der Waals surface area (Å²) in [6.45, 7) is 2.01. The van der Waals surface area contributed by atoms with Crippen molar-refractivity contribution < 1.29 is 13.9 Å². The summed E-state index contributed by atoms with van der Waals surface area (Å²) in [6.07, 6.45) is 0.